The third-order valence-corrected chi connectivity index (χ3v) is 41.1. The van der Waals surface area contributed by atoms with E-state index in [9.17, 15) is 52.7 Å². The number of carbonyl (C=O) groups is 11. The smallest absolute Gasteiger partial charge is 0.344 e. The molecule has 1 saturated heterocycles. The lowest BCUT2D eigenvalue weighted by atomic mass is 9.62. The zero-order valence-corrected chi connectivity index (χ0v) is 77.4. The number of nitriles is 1. The van der Waals surface area contributed by atoms with Crippen molar-refractivity contribution in [2.75, 3.05) is 85.7 Å². The summed E-state index contributed by atoms with van der Waals surface area (Å²) in [6.45, 7) is 28.2. The number of amides is 4. The first-order valence-electron chi connectivity index (χ1n) is 50.4. The number of aliphatic hydroxyl groups is 2. The predicted octanol–water partition coefficient (Wildman–Crippen LogP) is 10.3. The monoisotopic (exact) mass is 1770 g/mol. The maximum Gasteiger partial charge on any atom is 0.344 e. The lowest BCUT2D eigenvalue weighted by Crippen LogP contribution is -2.47. The minimum atomic E-state index is -0.645. The fraction of sp³-hybridized carbons (Fsp3) is 0.881. The molecular weight excluding hydrogens is 1620 g/mol. The minimum Gasteiger partial charge on any atom is -0.463 e. The number of rotatable bonds is 26. The zero-order chi connectivity index (χ0) is 89.9. The van der Waals surface area contributed by atoms with Crippen molar-refractivity contribution in [1.29, 1.82) is 5.26 Å². The standard InChI is InChI=1S/C21H33NO4.C21H28O6.C20H28N2O3.C20H31NO4.C19H29NO4/c1-4-25-5-6-26-18(23)10-22-21(24)17-8-13-7-16(17)20-15-9-14(19(13)20)11(2)12(15)3;1-9-10(2)14-6-13(9)19-11-3-15(20(14)19)16(4-11)21(24)26-8-18(23)27-12-5-17(22)25-7-12;1-10-11(2)14-8-13(10)18-12-6-15(19(14)18)16(7-12)20(24)22-9-17(23)25-5-3-4-21;1-9-10(2)14-8-13(9)17-12-6-15(18(14)17)16(7-12)19(23)21-11(3)20(24)25-5-4-22;1-9-10(2)13-7-12(9)17-11-5-14(18(13)17)15(6-11)19(23)20-8-16(22)24-4-3-21/h11-17,19-20H,4-10H2,1-3H3,(H,22,24);9-16,19-20H,3-8H2,1-2H3;10-16,18-19H,3,5-9H2,1-2H3,(H,22,24);9-18,22H,4-8H2,1-3H3,(H,21,23);9-15,17-18,21H,3-8H2,1-2H3,(H,20,23). The highest BCUT2D eigenvalue weighted by molar-refractivity contribution is 5.87. The molecule has 0 spiro atoms. The molecule has 4 amide bonds. The Hall–Kier alpha value is -6.46. The summed E-state index contributed by atoms with van der Waals surface area (Å²) in [5.74, 6) is 28.2. The molecule has 26 heteroatoms. The van der Waals surface area contributed by atoms with Crippen molar-refractivity contribution in [3.8, 4) is 6.07 Å². The Morgan fingerprint density at radius 1 is 0.386 bits per heavy atom. The highest BCUT2D eigenvalue weighted by Gasteiger charge is 2.72. The third kappa shape index (κ3) is 16.8. The first-order chi connectivity index (χ1) is 60.9. The number of hydrogen-bond acceptors (Lipinski definition) is 22. The first kappa shape index (κ1) is 92.4. The van der Waals surface area contributed by atoms with E-state index in [2.05, 4.69) is 90.5 Å². The maximum absolute atomic E-state index is 12.8. The highest BCUT2D eigenvalue weighted by Crippen LogP contribution is 2.77. The molecule has 0 radical (unpaired) electrons. The van der Waals surface area contributed by atoms with Gasteiger partial charge in [-0.15, -0.1) is 0 Å². The van der Waals surface area contributed by atoms with Crippen LogP contribution in [0.3, 0.4) is 0 Å². The van der Waals surface area contributed by atoms with Gasteiger partial charge in [-0.2, -0.15) is 5.26 Å². The molecule has 127 heavy (non-hydrogen) atoms. The van der Waals surface area contributed by atoms with E-state index in [-0.39, 0.29) is 156 Å². The Morgan fingerprint density at radius 3 is 1.03 bits per heavy atom. The van der Waals surface area contributed by atoms with Crippen LogP contribution < -0.4 is 21.3 Å². The summed E-state index contributed by atoms with van der Waals surface area (Å²) in [6, 6.07) is 1.28. The molecule has 20 aliphatic carbocycles. The Morgan fingerprint density at radius 2 is 0.701 bits per heavy atom. The molecule has 26 nitrogen and oxygen atoms in total. The van der Waals surface area contributed by atoms with Gasteiger partial charge in [-0.3, -0.25) is 43.2 Å². The van der Waals surface area contributed by atoms with Crippen molar-refractivity contribution >= 4 is 65.4 Å². The van der Waals surface area contributed by atoms with Gasteiger partial charge in [0, 0.05) is 30.3 Å². The van der Waals surface area contributed by atoms with Crippen LogP contribution in [-0.2, 0) is 90.6 Å². The molecule has 47 atom stereocenters. The van der Waals surface area contributed by atoms with Gasteiger partial charge in [0.05, 0.1) is 44.6 Å². The van der Waals surface area contributed by atoms with Crippen molar-refractivity contribution in [3.63, 3.8) is 0 Å². The minimum absolute atomic E-state index is 0.00821. The number of ether oxygens (including phenoxy) is 8. The van der Waals surface area contributed by atoms with Crippen molar-refractivity contribution < 1.29 is 101 Å². The van der Waals surface area contributed by atoms with E-state index in [0.717, 1.165) is 228 Å². The number of carbonyl (C=O) groups excluding carboxylic acids is 11. The molecular formula is C101H149N5O21. The second kappa shape index (κ2) is 37.9. The SMILES string of the molecule is CC(NC(=O)C1CC2CC1C1C3CC(C(C)C3C)C21)C(=O)OCCO.CC1C(C)C2CC1C1C3CC(C(=O)NCC(=O)OCCC#N)C(C3)C21.CC1C(C)C2CC1C1C3CC(C(=O)NCC(=O)OCCO)C(C3)C21.CC1C(C)C2CC1C1C3CC(C(=O)OCC(=O)OC4COC(=O)C4)C(C3)C21.CCOCCOC(=O)CNC(=O)C1CC2CC1C1C3CC(C(C)C3C)C21. The van der Waals surface area contributed by atoms with Crippen molar-refractivity contribution in [3.05, 3.63) is 0 Å². The summed E-state index contributed by atoms with van der Waals surface area (Å²) < 4.78 is 40.0. The number of hydrogen-bond donors (Lipinski definition) is 6. The molecule has 704 valence electrons. The van der Waals surface area contributed by atoms with Gasteiger partial charge in [-0.25, -0.2) is 9.59 Å². The van der Waals surface area contributed by atoms with Gasteiger partial charge in [-0.1, -0.05) is 69.2 Å². The van der Waals surface area contributed by atoms with E-state index in [0.29, 0.717) is 60.6 Å². The Kier molecular flexibility index (Phi) is 27.6. The Bertz CT molecular complexity index is 4130. The van der Waals surface area contributed by atoms with Crippen LogP contribution in [0.4, 0.5) is 0 Å². The average Bonchev–Trinajstić information content (AvgIpc) is 1.56. The first-order valence-corrected chi connectivity index (χ1v) is 50.4. The van der Waals surface area contributed by atoms with Gasteiger partial charge in [0.2, 0.25) is 23.6 Å². The summed E-state index contributed by atoms with van der Waals surface area (Å²) in [4.78, 5) is 133. The van der Waals surface area contributed by atoms with Crippen LogP contribution in [-0.4, -0.2) is 173 Å². The summed E-state index contributed by atoms with van der Waals surface area (Å²) in [7, 11) is 0. The van der Waals surface area contributed by atoms with E-state index in [1.165, 1.54) is 57.8 Å². The van der Waals surface area contributed by atoms with E-state index in [4.69, 9.17) is 53.4 Å². The van der Waals surface area contributed by atoms with E-state index >= 15 is 0 Å². The number of esters is 7. The van der Waals surface area contributed by atoms with Gasteiger partial charge in [0.15, 0.2) is 6.61 Å². The van der Waals surface area contributed by atoms with Crippen LogP contribution in [0.1, 0.15) is 192 Å². The van der Waals surface area contributed by atoms with Crippen molar-refractivity contribution in [2.45, 2.75) is 204 Å². The summed E-state index contributed by atoms with van der Waals surface area (Å²) >= 11 is 0. The fourth-order valence-electron chi connectivity index (χ4n) is 36.0. The molecule has 21 rings (SSSR count). The van der Waals surface area contributed by atoms with Crippen molar-refractivity contribution in [2.24, 2.45) is 266 Å². The van der Waals surface area contributed by atoms with Gasteiger partial charge in [0.1, 0.15) is 64.8 Å². The molecule has 47 unspecified atom stereocenters. The molecule has 21 fully saturated rings. The van der Waals surface area contributed by atoms with Crippen LogP contribution in [0.5, 0.6) is 0 Å². The van der Waals surface area contributed by atoms with Gasteiger partial charge in [-0.05, 0) is 347 Å². The quantitative estimate of drug-likeness (QED) is 0.0203. The van der Waals surface area contributed by atoms with Crippen LogP contribution in [0.2, 0.25) is 0 Å². The second-order valence-corrected chi connectivity index (χ2v) is 45.1. The van der Waals surface area contributed by atoms with Gasteiger partial charge in [0.25, 0.3) is 0 Å². The molecule has 0 aromatic heterocycles. The molecule has 21 aliphatic rings. The Balaban J connectivity index is 0.000000112. The van der Waals surface area contributed by atoms with E-state index in [1.54, 1.807) is 6.92 Å². The lowest BCUT2D eigenvalue weighted by Gasteiger charge is -2.43. The topological polar surface area (TPSA) is 374 Å². The summed E-state index contributed by atoms with van der Waals surface area (Å²) in [6.07, 6.45) is 17.6. The maximum atomic E-state index is 12.8. The molecule has 6 N–H and O–H groups in total. The number of aliphatic hydroxyl groups excluding tert-OH is 2. The van der Waals surface area contributed by atoms with Crippen LogP contribution in [0.25, 0.3) is 0 Å². The van der Waals surface area contributed by atoms with Gasteiger partial charge >= 0.3 is 41.8 Å². The van der Waals surface area contributed by atoms with Crippen LogP contribution >= 0.6 is 0 Å². The number of nitrogens with one attached hydrogen (secondary N) is 4. The number of nitrogens with zero attached hydrogens (tertiary/aromatic N) is 1. The molecule has 0 aromatic carbocycles. The third-order valence-electron chi connectivity index (χ3n) is 41.1. The second-order valence-electron chi connectivity index (χ2n) is 45.1. The number of cyclic esters (lactones) is 1. The fourth-order valence-corrected chi connectivity index (χ4v) is 36.0. The number of fused-ring (bicyclic) bond motifs is 45. The molecule has 20 saturated carbocycles. The predicted molar refractivity (Wildman–Crippen MR) is 461 cm³/mol. The van der Waals surface area contributed by atoms with E-state index < -0.39 is 36.0 Å². The van der Waals surface area contributed by atoms with Crippen LogP contribution in [0, 0.1) is 278 Å². The molecule has 0 aromatic rings. The molecule has 20 bridgehead atoms. The lowest BCUT2D eigenvalue weighted by molar-refractivity contribution is -0.166. The zero-order valence-electron chi connectivity index (χ0n) is 77.4. The van der Waals surface area contributed by atoms with Crippen molar-refractivity contribution in [1.82, 2.24) is 21.3 Å². The molecule has 1 heterocycles. The van der Waals surface area contributed by atoms with Gasteiger partial charge < -0.3 is 69.4 Å². The highest BCUT2D eigenvalue weighted by atomic mass is 16.6. The Labute approximate surface area is 751 Å². The average molecular weight is 1770 g/mol. The normalized spacial score (nSPS) is 47.1. The summed E-state index contributed by atoms with van der Waals surface area (Å²) in [5.41, 5.74) is 0. The largest absolute Gasteiger partial charge is 0.463 e. The van der Waals surface area contributed by atoms with Crippen LogP contribution in [0.15, 0.2) is 0 Å². The van der Waals surface area contributed by atoms with E-state index in [1.807, 2.05) is 13.0 Å². The summed E-state index contributed by atoms with van der Waals surface area (Å²) in [5, 5.41) is 37.1. The molecule has 1 aliphatic heterocycles.